The molecule has 0 aromatic heterocycles. The Morgan fingerprint density at radius 1 is 0.778 bits per heavy atom. The summed E-state index contributed by atoms with van der Waals surface area (Å²) in [7, 11) is 0. The molecule has 0 heterocycles. The van der Waals surface area contributed by atoms with Crippen molar-refractivity contribution in [3.05, 3.63) is 0 Å². The summed E-state index contributed by atoms with van der Waals surface area (Å²) in [6.07, 6.45) is 17.0. The number of carbonyl (C=O) groups is 2. The number of unbranched alkanes of at least 4 members (excludes halogenated alkanes) is 8. The van der Waals surface area contributed by atoms with Gasteiger partial charge in [-0.2, -0.15) is 0 Å². The van der Waals surface area contributed by atoms with Gasteiger partial charge in [0.2, 0.25) is 0 Å². The average Bonchev–Trinajstić information content (AvgIpc) is 2.67. The summed E-state index contributed by atoms with van der Waals surface area (Å²) in [5.74, 6) is -1.17. The van der Waals surface area contributed by atoms with E-state index >= 15 is 0 Å². The molecule has 4 heteroatoms. The van der Waals surface area contributed by atoms with Crippen molar-refractivity contribution in [2.45, 2.75) is 123 Å². The standard InChI is InChI=1S/C23H42O4/c1-3-5-7-8-9-10-12-14-21(13-11-6-4-2)27-23(26)20-17-15-19(16-18-20)22(24)25/h19-21H,3-18H2,1-2H3,(H,24,25). The van der Waals surface area contributed by atoms with Crippen LogP contribution in [0.1, 0.15) is 117 Å². The maximum Gasteiger partial charge on any atom is 0.309 e. The monoisotopic (exact) mass is 382 g/mol. The summed E-state index contributed by atoms with van der Waals surface area (Å²) in [5.41, 5.74) is 0. The number of carboxylic acid groups (broad SMARTS) is 1. The third-order valence-electron chi connectivity index (χ3n) is 5.95. The molecule has 1 aliphatic carbocycles. The number of ether oxygens (including phenoxy) is 1. The molecule has 1 atom stereocenters. The van der Waals surface area contributed by atoms with Crippen LogP contribution in [0.5, 0.6) is 0 Å². The Kier molecular flexibility index (Phi) is 13.3. The van der Waals surface area contributed by atoms with Crippen molar-refractivity contribution < 1.29 is 19.4 Å². The molecule has 158 valence electrons. The average molecular weight is 383 g/mol. The van der Waals surface area contributed by atoms with Gasteiger partial charge in [0.25, 0.3) is 0 Å². The highest BCUT2D eigenvalue weighted by molar-refractivity contribution is 5.74. The van der Waals surface area contributed by atoms with Gasteiger partial charge in [-0.3, -0.25) is 9.59 Å². The number of rotatable bonds is 15. The zero-order chi connectivity index (χ0) is 19.9. The molecule has 0 bridgehead atoms. The summed E-state index contributed by atoms with van der Waals surface area (Å²) in [4.78, 5) is 23.6. The van der Waals surface area contributed by atoms with Gasteiger partial charge in [0.05, 0.1) is 11.8 Å². The number of carbonyl (C=O) groups excluding carboxylic acids is 1. The van der Waals surface area contributed by atoms with E-state index in [0.717, 1.165) is 25.7 Å². The van der Waals surface area contributed by atoms with Crippen molar-refractivity contribution in [2.75, 3.05) is 0 Å². The van der Waals surface area contributed by atoms with E-state index in [1.807, 2.05) is 0 Å². The lowest BCUT2D eigenvalue weighted by molar-refractivity contribution is -0.158. The van der Waals surface area contributed by atoms with E-state index in [2.05, 4.69) is 13.8 Å². The Morgan fingerprint density at radius 3 is 1.78 bits per heavy atom. The molecule has 0 saturated heterocycles. The van der Waals surface area contributed by atoms with Crippen LogP contribution in [-0.2, 0) is 14.3 Å². The SMILES string of the molecule is CCCCCCCCCC(CCCCC)OC(=O)C1CCC(C(=O)O)CC1. The molecule has 27 heavy (non-hydrogen) atoms. The molecule has 0 amide bonds. The fourth-order valence-electron chi connectivity index (χ4n) is 4.05. The number of hydrogen-bond donors (Lipinski definition) is 1. The lowest BCUT2D eigenvalue weighted by Gasteiger charge is -2.27. The molecule has 4 nitrogen and oxygen atoms in total. The minimum atomic E-state index is -0.724. The van der Waals surface area contributed by atoms with Crippen molar-refractivity contribution in [1.82, 2.24) is 0 Å². The van der Waals surface area contributed by atoms with E-state index in [4.69, 9.17) is 9.84 Å². The zero-order valence-electron chi connectivity index (χ0n) is 17.7. The normalized spacial score (nSPS) is 21.0. The minimum absolute atomic E-state index is 0.0527. The Labute approximate surface area is 166 Å². The van der Waals surface area contributed by atoms with E-state index in [1.165, 1.54) is 51.4 Å². The Balaban J connectivity index is 2.32. The van der Waals surface area contributed by atoms with Crippen LogP contribution in [0.25, 0.3) is 0 Å². The summed E-state index contributed by atoms with van der Waals surface area (Å²) < 4.78 is 5.89. The van der Waals surface area contributed by atoms with Gasteiger partial charge in [0.15, 0.2) is 0 Å². The van der Waals surface area contributed by atoms with Crippen LogP contribution in [0, 0.1) is 11.8 Å². The smallest absolute Gasteiger partial charge is 0.309 e. The van der Waals surface area contributed by atoms with Crippen molar-refractivity contribution >= 4 is 11.9 Å². The predicted octanol–water partition coefficient (Wildman–Crippen LogP) is 6.51. The number of hydrogen-bond acceptors (Lipinski definition) is 3. The molecule has 1 fully saturated rings. The first-order chi connectivity index (χ1) is 13.1. The van der Waals surface area contributed by atoms with Crippen LogP contribution >= 0.6 is 0 Å². The Bertz CT molecular complexity index is 399. The van der Waals surface area contributed by atoms with Crippen molar-refractivity contribution in [1.29, 1.82) is 0 Å². The van der Waals surface area contributed by atoms with E-state index in [1.54, 1.807) is 0 Å². The van der Waals surface area contributed by atoms with E-state index in [9.17, 15) is 9.59 Å². The number of esters is 1. The summed E-state index contributed by atoms with van der Waals surface area (Å²) >= 11 is 0. The van der Waals surface area contributed by atoms with E-state index < -0.39 is 5.97 Å². The van der Waals surface area contributed by atoms with Gasteiger partial charge < -0.3 is 9.84 Å². The molecule has 1 unspecified atom stereocenters. The van der Waals surface area contributed by atoms with E-state index in [0.29, 0.717) is 25.7 Å². The number of aliphatic carboxylic acids is 1. The topological polar surface area (TPSA) is 63.6 Å². The quantitative estimate of drug-likeness (QED) is 0.259. The minimum Gasteiger partial charge on any atom is -0.481 e. The lowest BCUT2D eigenvalue weighted by Crippen LogP contribution is -2.29. The molecule has 1 rings (SSSR count). The Hall–Kier alpha value is -1.06. The molecule has 0 spiro atoms. The third kappa shape index (κ3) is 10.8. The second-order valence-corrected chi connectivity index (χ2v) is 8.35. The highest BCUT2D eigenvalue weighted by Gasteiger charge is 2.31. The van der Waals surface area contributed by atoms with Crippen LogP contribution in [0.2, 0.25) is 0 Å². The highest BCUT2D eigenvalue weighted by atomic mass is 16.5. The zero-order valence-corrected chi connectivity index (χ0v) is 17.7. The molecular formula is C23H42O4. The van der Waals surface area contributed by atoms with Gasteiger partial charge in [0, 0.05) is 0 Å². The van der Waals surface area contributed by atoms with Gasteiger partial charge in [-0.25, -0.2) is 0 Å². The van der Waals surface area contributed by atoms with Crippen molar-refractivity contribution in [3.63, 3.8) is 0 Å². The highest BCUT2D eigenvalue weighted by Crippen LogP contribution is 2.30. The second kappa shape index (κ2) is 14.9. The van der Waals surface area contributed by atoms with Gasteiger partial charge in [0.1, 0.15) is 6.10 Å². The van der Waals surface area contributed by atoms with Crippen LogP contribution in [0.4, 0.5) is 0 Å². The first kappa shape index (κ1) is 24.0. The molecular weight excluding hydrogens is 340 g/mol. The molecule has 1 N–H and O–H groups in total. The molecule has 0 radical (unpaired) electrons. The Morgan fingerprint density at radius 2 is 1.22 bits per heavy atom. The van der Waals surface area contributed by atoms with Crippen LogP contribution in [0.3, 0.4) is 0 Å². The fraction of sp³-hybridized carbons (Fsp3) is 0.913. The summed E-state index contributed by atoms with van der Waals surface area (Å²) in [5, 5.41) is 9.10. The summed E-state index contributed by atoms with van der Waals surface area (Å²) in [6.45, 7) is 4.43. The van der Waals surface area contributed by atoms with E-state index in [-0.39, 0.29) is 23.9 Å². The summed E-state index contributed by atoms with van der Waals surface area (Å²) in [6, 6.07) is 0. The van der Waals surface area contributed by atoms with Crippen LogP contribution < -0.4 is 0 Å². The van der Waals surface area contributed by atoms with Gasteiger partial charge in [-0.15, -0.1) is 0 Å². The first-order valence-corrected chi connectivity index (χ1v) is 11.5. The molecule has 1 saturated carbocycles. The lowest BCUT2D eigenvalue weighted by atomic mass is 9.82. The third-order valence-corrected chi connectivity index (χ3v) is 5.95. The maximum atomic E-state index is 12.6. The van der Waals surface area contributed by atoms with Crippen molar-refractivity contribution in [2.24, 2.45) is 11.8 Å². The predicted molar refractivity (Wildman–Crippen MR) is 110 cm³/mol. The molecule has 1 aliphatic rings. The molecule has 0 aliphatic heterocycles. The van der Waals surface area contributed by atoms with Gasteiger partial charge in [-0.1, -0.05) is 65.2 Å². The molecule has 0 aromatic rings. The largest absolute Gasteiger partial charge is 0.481 e. The van der Waals surface area contributed by atoms with Crippen LogP contribution in [-0.4, -0.2) is 23.1 Å². The van der Waals surface area contributed by atoms with Crippen molar-refractivity contribution in [3.8, 4) is 0 Å². The molecule has 0 aromatic carbocycles. The van der Waals surface area contributed by atoms with Gasteiger partial charge >= 0.3 is 11.9 Å². The second-order valence-electron chi connectivity index (χ2n) is 8.35. The fourth-order valence-corrected chi connectivity index (χ4v) is 4.05. The maximum absolute atomic E-state index is 12.6. The first-order valence-electron chi connectivity index (χ1n) is 11.5. The van der Waals surface area contributed by atoms with Crippen LogP contribution in [0.15, 0.2) is 0 Å². The van der Waals surface area contributed by atoms with Gasteiger partial charge in [-0.05, 0) is 51.4 Å². The number of carboxylic acids is 1.